The molecule has 0 rings (SSSR count). The number of esters is 1. The molecule has 3 heteroatoms. The summed E-state index contributed by atoms with van der Waals surface area (Å²) >= 11 is 0. The van der Waals surface area contributed by atoms with Gasteiger partial charge in [-0.1, -0.05) is 0 Å². The van der Waals surface area contributed by atoms with Crippen LogP contribution in [0.4, 0.5) is 0 Å². The van der Waals surface area contributed by atoms with Crippen LogP contribution in [0.3, 0.4) is 0 Å². The molecular formula is C6H12O2P+. The molecule has 0 aromatic heterocycles. The zero-order chi connectivity index (χ0) is 7.49. The average Bonchev–Trinajstić information content (AvgIpc) is 1.62. The summed E-state index contributed by atoms with van der Waals surface area (Å²) in [7, 11) is 2.20. The molecule has 0 saturated carbocycles. The van der Waals surface area contributed by atoms with Crippen LogP contribution in [-0.4, -0.2) is 17.4 Å². The first-order valence-electron chi connectivity index (χ1n) is 2.73. The maximum Gasteiger partial charge on any atom is 0.373 e. The first-order chi connectivity index (χ1) is 3.95. The highest BCUT2D eigenvalue weighted by Crippen LogP contribution is 2.05. The Kier molecular flexibility index (Phi) is 2.86. The molecule has 0 aromatic rings. The van der Waals surface area contributed by atoms with Gasteiger partial charge >= 0.3 is 5.97 Å². The first kappa shape index (κ1) is 8.64. The van der Waals surface area contributed by atoms with E-state index in [0.29, 0.717) is 0 Å². The summed E-state index contributed by atoms with van der Waals surface area (Å²) in [6.45, 7) is 5.50. The van der Waals surface area contributed by atoms with E-state index in [4.69, 9.17) is 4.74 Å². The largest absolute Gasteiger partial charge is 0.454 e. The van der Waals surface area contributed by atoms with Crippen LogP contribution < -0.4 is 0 Å². The van der Waals surface area contributed by atoms with Gasteiger partial charge in [-0.2, -0.15) is 0 Å². The predicted molar refractivity (Wildman–Crippen MR) is 41.6 cm³/mol. The van der Waals surface area contributed by atoms with Crippen molar-refractivity contribution in [2.75, 3.05) is 0 Å². The van der Waals surface area contributed by atoms with E-state index in [1.54, 1.807) is 0 Å². The summed E-state index contributed by atoms with van der Waals surface area (Å²) < 4.78 is 4.87. The number of hydrogen-bond acceptors (Lipinski definition) is 2. The van der Waals surface area contributed by atoms with Crippen LogP contribution in [0.2, 0.25) is 0 Å². The third kappa shape index (κ3) is 5.51. The third-order valence-electron chi connectivity index (χ3n) is 0.543. The Hall–Kier alpha value is -0.360. The SMILES string of the molecule is CC(C)(C)OC(=O)C=[PH2+]. The zero-order valence-electron chi connectivity index (χ0n) is 5.97. The average molecular weight is 147 g/mol. The maximum atomic E-state index is 10.5. The van der Waals surface area contributed by atoms with Gasteiger partial charge in [-0.15, -0.1) is 0 Å². The van der Waals surface area contributed by atoms with E-state index in [1.165, 1.54) is 5.80 Å². The van der Waals surface area contributed by atoms with Crippen LogP contribution >= 0.6 is 8.86 Å². The maximum absolute atomic E-state index is 10.5. The van der Waals surface area contributed by atoms with Gasteiger partial charge in [0.05, 0.1) is 8.86 Å². The molecule has 9 heavy (non-hydrogen) atoms. The molecule has 52 valence electrons. The van der Waals surface area contributed by atoms with Crippen LogP contribution in [0.15, 0.2) is 0 Å². The van der Waals surface area contributed by atoms with Gasteiger partial charge in [-0.3, -0.25) is 0 Å². The summed E-state index contributed by atoms with van der Waals surface area (Å²) in [5.41, 5.74) is -0.371. The van der Waals surface area contributed by atoms with Gasteiger partial charge in [0.25, 0.3) is 0 Å². The summed E-state index contributed by atoms with van der Waals surface area (Å²) in [5.74, 6) is 1.03. The van der Waals surface area contributed by atoms with Crippen LogP contribution in [0.5, 0.6) is 0 Å². The van der Waals surface area contributed by atoms with E-state index < -0.39 is 0 Å². The van der Waals surface area contributed by atoms with Crippen molar-refractivity contribution in [3.05, 3.63) is 0 Å². The minimum Gasteiger partial charge on any atom is -0.454 e. The van der Waals surface area contributed by atoms with Crippen molar-refractivity contribution in [2.24, 2.45) is 0 Å². The van der Waals surface area contributed by atoms with E-state index in [2.05, 4.69) is 8.86 Å². The van der Waals surface area contributed by atoms with Gasteiger partial charge in [0.15, 0.2) is 5.80 Å². The molecule has 0 saturated heterocycles. The van der Waals surface area contributed by atoms with Crippen molar-refractivity contribution in [3.8, 4) is 0 Å². The monoisotopic (exact) mass is 147 g/mol. The highest BCUT2D eigenvalue weighted by atomic mass is 31.0. The van der Waals surface area contributed by atoms with E-state index in [1.807, 2.05) is 20.8 Å². The number of rotatable bonds is 1. The second kappa shape index (κ2) is 2.98. The fourth-order valence-corrected chi connectivity index (χ4v) is 0.404. The standard InChI is InChI=1S/C6H11O2P/c1-6(2,3)8-5(7)4-9/h4,9H,1-3H3/p+1. The quantitative estimate of drug-likeness (QED) is 0.408. The molecule has 1 atom stereocenters. The lowest BCUT2D eigenvalue weighted by Crippen LogP contribution is -2.23. The number of carbonyl (C=O) groups is 1. The van der Waals surface area contributed by atoms with Crippen molar-refractivity contribution >= 4 is 20.6 Å². The van der Waals surface area contributed by atoms with E-state index >= 15 is 0 Å². The van der Waals surface area contributed by atoms with Crippen molar-refractivity contribution in [1.82, 2.24) is 0 Å². The molecule has 0 heterocycles. The number of hydrogen-bond donors (Lipinski definition) is 0. The van der Waals surface area contributed by atoms with Crippen LogP contribution in [0.1, 0.15) is 20.8 Å². The second-order valence-corrected chi connectivity index (χ2v) is 3.03. The molecule has 0 radical (unpaired) electrons. The van der Waals surface area contributed by atoms with E-state index in [0.717, 1.165) is 0 Å². The van der Waals surface area contributed by atoms with Crippen LogP contribution in [0.25, 0.3) is 0 Å². The minimum atomic E-state index is -0.371. The van der Waals surface area contributed by atoms with Crippen LogP contribution in [-0.2, 0) is 9.53 Å². The Morgan fingerprint density at radius 1 is 1.56 bits per heavy atom. The first-order valence-corrected chi connectivity index (χ1v) is 3.40. The van der Waals surface area contributed by atoms with E-state index in [9.17, 15) is 4.79 Å². The molecular weight excluding hydrogens is 135 g/mol. The molecule has 0 fully saturated rings. The van der Waals surface area contributed by atoms with Gasteiger partial charge in [0.2, 0.25) is 0 Å². The summed E-state index contributed by atoms with van der Waals surface area (Å²) in [5, 5.41) is 0. The van der Waals surface area contributed by atoms with Crippen LogP contribution in [0, 0.1) is 0 Å². The second-order valence-electron chi connectivity index (χ2n) is 2.70. The predicted octanol–water partition coefficient (Wildman–Crippen LogP) is 1.01. The Morgan fingerprint density at radius 2 is 2.00 bits per heavy atom. The van der Waals surface area contributed by atoms with Gasteiger partial charge in [-0.25, -0.2) is 4.79 Å². The lowest BCUT2D eigenvalue weighted by molar-refractivity contribution is -0.145. The van der Waals surface area contributed by atoms with Gasteiger partial charge in [-0.05, 0) is 20.8 Å². The number of ether oxygens (including phenoxy) is 1. The van der Waals surface area contributed by atoms with Gasteiger partial charge in [0.1, 0.15) is 5.60 Å². The molecule has 0 aromatic carbocycles. The molecule has 0 aliphatic heterocycles. The fourth-order valence-electron chi connectivity index (χ4n) is 0.336. The molecule has 0 aliphatic rings. The molecule has 0 spiro atoms. The zero-order valence-corrected chi connectivity index (χ0v) is 7.13. The summed E-state index contributed by atoms with van der Waals surface area (Å²) in [4.78, 5) is 10.5. The lowest BCUT2D eigenvalue weighted by Gasteiger charge is -2.16. The Bertz CT molecular complexity index is 124. The van der Waals surface area contributed by atoms with Crippen molar-refractivity contribution in [2.45, 2.75) is 26.4 Å². The molecule has 1 unspecified atom stereocenters. The van der Waals surface area contributed by atoms with Gasteiger partial charge < -0.3 is 4.74 Å². The minimum absolute atomic E-state index is 0.299. The topological polar surface area (TPSA) is 26.3 Å². The number of carbonyl (C=O) groups excluding carboxylic acids is 1. The van der Waals surface area contributed by atoms with Gasteiger partial charge in [0, 0.05) is 0 Å². The van der Waals surface area contributed by atoms with Crippen molar-refractivity contribution in [1.29, 1.82) is 0 Å². The highest BCUT2D eigenvalue weighted by molar-refractivity contribution is 7.21. The summed E-state index contributed by atoms with van der Waals surface area (Å²) in [6.07, 6.45) is 0. The Balaban J connectivity index is 3.74. The molecule has 2 nitrogen and oxygen atoms in total. The normalized spacial score (nSPS) is 10.6. The molecule has 0 amide bonds. The van der Waals surface area contributed by atoms with Crippen molar-refractivity contribution in [3.63, 3.8) is 0 Å². The third-order valence-corrected chi connectivity index (χ3v) is 0.815. The molecule has 0 aliphatic carbocycles. The van der Waals surface area contributed by atoms with E-state index in [-0.39, 0.29) is 11.6 Å². The molecule has 0 N–H and O–H groups in total. The Labute approximate surface area is 57.4 Å². The Morgan fingerprint density at radius 3 is 2.11 bits per heavy atom. The highest BCUT2D eigenvalue weighted by Gasteiger charge is 2.14. The lowest BCUT2D eigenvalue weighted by atomic mass is 10.2. The summed E-state index contributed by atoms with van der Waals surface area (Å²) in [6, 6.07) is 0. The van der Waals surface area contributed by atoms with Crippen molar-refractivity contribution < 1.29 is 9.53 Å². The fraction of sp³-hybridized carbons (Fsp3) is 0.667. The smallest absolute Gasteiger partial charge is 0.373 e. The molecule has 0 bridgehead atoms.